The molecule has 0 aromatic rings. The van der Waals surface area contributed by atoms with Crippen LogP contribution < -0.4 is 0 Å². The molecular weight excluding hydrogens is 721 g/mol. The average molecular weight is 807 g/mol. The largest absolute Gasteiger partial charge is 0.462 e. The summed E-state index contributed by atoms with van der Waals surface area (Å²) in [6.07, 6.45) is 58.9. The zero-order valence-corrected chi connectivity index (χ0v) is 37.5. The number of unbranched alkanes of at least 4 members (excludes halogenated alkanes) is 17. The van der Waals surface area contributed by atoms with Gasteiger partial charge in [-0.05, 0) is 70.6 Å². The molecule has 0 radical (unpaired) electrons. The molecule has 0 aliphatic carbocycles. The summed E-state index contributed by atoms with van der Waals surface area (Å²) < 4.78 is 16.6. The van der Waals surface area contributed by atoms with Gasteiger partial charge in [0.25, 0.3) is 0 Å². The zero-order chi connectivity index (χ0) is 42.3. The van der Waals surface area contributed by atoms with Crippen molar-refractivity contribution < 1.29 is 28.6 Å². The molecule has 0 saturated heterocycles. The van der Waals surface area contributed by atoms with Crippen LogP contribution in [0.2, 0.25) is 0 Å². The van der Waals surface area contributed by atoms with Crippen LogP contribution in [0.4, 0.5) is 0 Å². The molecule has 58 heavy (non-hydrogen) atoms. The highest BCUT2D eigenvalue weighted by atomic mass is 16.6. The molecule has 0 aromatic carbocycles. The topological polar surface area (TPSA) is 78.9 Å². The van der Waals surface area contributed by atoms with Crippen LogP contribution in [-0.4, -0.2) is 37.2 Å². The van der Waals surface area contributed by atoms with Crippen molar-refractivity contribution in [2.75, 3.05) is 13.2 Å². The summed E-state index contributed by atoms with van der Waals surface area (Å²) in [6, 6.07) is 0. The molecule has 0 amide bonds. The summed E-state index contributed by atoms with van der Waals surface area (Å²) in [5.74, 6) is -1.08. The van der Waals surface area contributed by atoms with E-state index in [0.29, 0.717) is 12.8 Å². The van der Waals surface area contributed by atoms with Crippen molar-refractivity contribution in [3.63, 3.8) is 0 Å². The van der Waals surface area contributed by atoms with E-state index in [-0.39, 0.29) is 31.6 Å². The van der Waals surface area contributed by atoms with Crippen LogP contribution in [0.3, 0.4) is 0 Å². The van der Waals surface area contributed by atoms with E-state index in [1.165, 1.54) is 77.0 Å². The number of rotatable bonds is 41. The highest BCUT2D eigenvalue weighted by Crippen LogP contribution is 2.14. The molecule has 6 nitrogen and oxygen atoms in total. The Bertz CT molecular complexity index is 1160. The van der Waals surface area contributed by atoms with Gasteiger partial charge in [-0.3, -0.25) is 14.4 Å². The van der Waals surface area contributed by atoms with Gasteiger partial charge in [0, 0.05) is 12.8 Å². The smallest absolute Gasteiger partial charge is 0.309 e. The molecule has 0 heterocycles. The van der Waals surface area contributed by atoms with Crippen LogP contribution in [0.25, 0.3) is 0 Å². The Morgan fingerprint density at radius 2 is 0.741 bits per heavy atom. The van der Waals surface area contributed by atoms with E-state index in [0.717, 1.165) is 89.9 Å². The van der Waals surface area contributed by atoms with Crippen LogP contribution in [0.5, 0.6) is 0 Å². The van der Waals surface area contributed by atoms with Gasteiger partial charge >= 0.3 is 17.9 Å². The van der Waals surface area contributed by atoms with Crippen molar-refractivity contribution in [3.8, 4) is 0 Å². The van der Waals surface area contributed by atoms with E-state index in [2.05, 4.69) is 93.7 Å². The Hall–Kier alpha value is -3.41. The number of hydrogen-bond donors (Lipinski definition) is 0. The first-order valence-corrected chi connectivity index (χ1v) is 23.6. The lowest BCUT2D eigenvalue weighted by atomic mass is 10.0. The van der Waals surface area contributed by atoms with Gasteiger partial charge in [-0.2, -0.15) is 0 Å². The second-order valence-corrected chi connectivity index (χ2v) is 15.3. The Kier molecular flexibility index (Phi) is 43.6. The third-order valence-corrected chi connectivity index (χ3v) is 9.68. The number of allylic oxidation sites excluding steroid dienone is 13. The second-order valence-electron chi connectivity index (χ2n) is 15.3. The van der Waals surface area contributed by atoms with Crippen LogP contribution in [0, 0.1) is 0 Å². The fourth-order valence-corrected chi connectivity index (χ4v) is 6.20. The van der Waals surface area contributed by atoms with Crippen molar-refractivity contribution in [3.05, 3.63) is 85.1 Å². The minimum atomic E-state index is -0.821. The van der Waals surface area contributed by atoms with Gasteiger partial charge in [0.15, 0.2) is 6.10 Å². The van der Waals surface area contributed by atoms with E-state index in [4.69, 9.17) is 14.2 Å². The summed E-state index contributed by atoms with van der Waals surface area (Å²) in [5.41, 5.74) is 0. The van der Waals surface area contributed by atoms with Gasteiger partial charge in [0.1, 0.15) is 13.2 Å². The second kappa shape index (κ2) is 46.3. The monoisotopic (exact) mass is 807 g/mol. The number of carbonyl (C=O) groups excluding carboxylic acids is 3. The predicted octanol–water partition coefficient (Wildman–Crippen LogP) is 15.3. The summed E-state index contributed by atoms with van der Waals surface area (Å²) >= 11 is 0. The lowest BCUT2D eigenvalue weighted by Gasteiger charge is -2.18. The van der Waals surface area contributed by atoms with Crippen LogP contribution in [0.1, 0.15) is 207 Å². The van der Waals surface area contributed by atoms with Gasteiger partial charge < -0.3 is 14.2 Å². The third-order valence-electron chi connectivity index (χ3n) is 9.68. The molecule has 0 aromatic heterocycles. The molecule has 0 aliphatic heterocycles. The standard InChI is InChI=1S/C52H86O6/c1-4-7-10-13-16-19-21-23-25-27-28-30-33-36-39-42-45-51(54)57-48-49(47-56-50(53)44-41-38-35-32-18-15-12-9-6-3)58-52(55)46-43-40-37-34-31-29-26-24-22-20-17-14-11-8-5-2/h7,9-10,12,16,18-19,23,25,28,30,32,38,41,49H,4-6,8,11,13-15,17,20-22,24,26-27,29,31,33-37,39-40,42-48H2,1-3H3/b10-7-,12-9-,19-16-,25-23-,30-28-,32-18-,41-38-. The first kappa shape index (κ1) is 54.6. The molecule has 0 rings (SSSR count). The van der Waals surface area contributed by atoms with Gasteiger partial charge in [-0.25, -0.2) is 0 Å². The van der Waals surface area contributed by atoms with Crippen LogP contribution >= 0.6 is 0 Å². The van der Waals surface area contributed by atoms with Crippen LogP contribution in [0.15, 0.2) is 85.1 Å². The van der Waals surface area contributed by atoms with Crippen molar-refractivity contribution in [1.82, 2.24) is 0 Å². The number of esters is 3. The van der Waals surface area contributed by atoms with Gasteiger partial charge in [0.05, 0.1) is 6.42 Å². The Labute approximate surface area is 356 Å². The Morgan fingerprint density at radius 1 is 0.379 bits per heavy atom. The van der Waals surface area contributed by atoms with Crippen molar-refractivity contribution in [2.24, 2.45) is 0 Å². The summed E-state index contributed by atoms with van der Waals surface area (Å²) in [5, 5.41) is 0. The molecule has 0 spiro atoms. The fraction of sp³-hybridized carbons (Fsp3) is 0.673. The molecule has 0 bridgehead atoms. The minimum Gasteiger partial charge on any atom is -0.462 e. The molecule has 0 aliphatic rings. The summed E-state index contributed by atoms with van der Waals surface area (Å²) in [7, 11) is 0. The maximum Gasteiger partial charge on any atom is 0.309 e. The fourth-order valence-electron chi connectivity index (χ4n) is 6.20. The Balaban J connectivity index is 4.45. The van der Waals surface area contributed by atoms with Crippen molar-refractivity contribution in [2.45, 2.75) is 213 Å². The molecular formula is C52H86O6. The van der Waals surface area contributed by atoms with E-state index < -0.39 is 12.1 Å². The highest BCUT2D eigenvalue weighted by molar-refractivity contribution is 5.72. The lowest BCUT2D eigenvalue weighted by molar-refractivity contribution is -0.166. The summed E-state index contributed by atoms with van der Waals surface area (Å²) in [6.45, 7) is 6.27. The molecule has 0 N–H and O–H groups in total. The van der Waals surface area contributed by atoms with Crippen LogP contribution in [-0.2, 0) is 28.6 Å². The number of hydrogen-bond acceptors (Lipinski definition) is 6. The predicted molar refractivity (Wildman–Crippen MR) is 247 cm³/mol. The lowest BCUT2D eigenvalue weighted by Crippen LogP contribution is -2.30. The zero-order valence-electron chi connectivity index (χ0n) is 37.5. The van der Waals surface area contributed by atoms with E-state index >= 15 is 0 Å². The SMILES string of the molecule is CC/C=C\C/C=C\C/C=C\C/C=C\CCCCCC(=O)OCC(COC(=O)C/C=C\C/C=C\C/C=C\CC)OC(=O)CCCCCCCCCCCCCCCCC. The normalized spacial score (nSPS) is 12.8. The maximum atomic E-state index is 12.7. The Morgan fingerprint density at radius 3 is 1.21 bits per heavy atom. The molecule has 0 fully saturated rings. The molecule has 1 atom stereocenters. The minimum absolute atomic E-state index is 0.119. The van der Waals surface area contributed by atoms with Crippen molar-refractivity contribution in [1.29, 1.82) is 0 Å². The maximum absolute atomic E-state index is 12.7. The summed E-state index contributed by atoms with van der Waals surface area (Å²) in [4.78, 5) is 37.7. The molecule has 0 saturated carbocycles. The van der Waals surface area contributed by atoms with E-state index in [9.17, 15) is 14.4 Å². The number of ether oxygens (including phenoxy) is 3. The molecule has 6 heteroatoms. The molecule has 330 valence electrons. The highest BCUT2D eigenvalue weighted by Gasteiger charge is 2.19. The van der Waals surface area contributed by atoms with E-state index in [1.54, 1.807) is 6.08 Å². The first-order chi connectivity index (χ1) is 28.5. The average Bonchev–Trinajstić information content (AvgIpc) is 3.22. The van der Waals surface area contributed by atoms with Crippen molar-refractivity contribution >= 4 is 17.9 Å². The van der Waals surface area contributed by atoms with E-state index in [1.807, 2.05) is 6.08 Å². The van der Waals surface area contributed by atoms with Gasteiger partial charge in [-0.1, -0.05) is 202 Å². The third kappa shape index (κ3) is 43.7. The number of carbonyl (C=O) groups is 3. The van der Waals surface area contributed by atoms with Gasteiger partial charge in [0.2, 0.25) is 0 Å². The van der Waals surface area contributed by atoms with Gasteiger partial charge in [-0.15, -0.1) is 0 Å². The first-order valence-electron chi connectivity index (χ1n) is 23.6. The molecule has 1 unspecified atom stereocenters. The quantitative estimate of drug-likeness (QED) is 0.0265.